The van der Waals surface area contributed by atoms with Crippen molar-refractivity contribution in [3.8, 4) is 0 Å². The van der Waals surface area contributed by atoms with Crippen molar-refractivity contribution in [2.24, 2.45) is 0 Å². The van der Waals surface area contributed by atoms with E-state index in [2.05, 4.69) is 10.6 Å². The molecule has 112 valence electrons. The molecule has 0 fully saturated rings. The average Bonchev–Trinajstić information content (AvgIpc) is 2.54. The van der Waals surface area contributed by atoms with Crippen molar-refractivity contribution >= 4 is 23.2 Å². The number of nitrogens with one attached hydrogen (secondary N) is 2. The van der Waals surface area contributed by atoms with Gasteiger partial charge in [0.25, 0.3) is 17.5 Å². The van der Waals surface area contributed by atoms with Gasteiger partial charge < -0.3 is 10.6 Å². The third kappa shape index (κ3) is 3.26. The van der Waals surface area contributed by atoms with E-state index < -0.39 is 22.4 Å². The van der Waals surface area contributed by atoms with Crippen LogP contribution in [0.25, 0.3) is 0 Å². The minimum absolute atomic E-state index is 0.110. The van der Waals surface area contributed by atoms with Crippen LogP contribution in [0.3, 0.4) is 0 Å². The second-order valence-corrected chi connectivity index (χ2v) is 4.39. The molecule has 22 heavy (non-hydrogen) atoms. The highest BCUT2D eigenvalue weighted by Crippen LogP contribution is 2.22. The summed E-state index contributed by atoms with van der Waals surface area (Å²) in [6.07, 6.45) is 0. The molecule has 0 aromatic heterocycles. The van der Waals surface area contributed by atoms with Crippen LogP contribution in [-0.2, 0) is 0 Å². The smallest absolute Gasteiger partial charge is 0.282 e. The fraction of sp³-hybridized carbons (Fsp3) is 0.0667. The van der Waals surface area contributed by atoms with Crippen molar-refractivity contribution in [3.05, 3.63) is 69.8 Å². The Bertz CT molecular complexity index is 729. The van der Waals surface area contributed by atoms with Gasteiger partial charge in [0.1, 0.15) is 5.56 Å². The standard InChI is InChI=1S/C15H13N3O4/c1-16-14(19)10-7-8-12(13(9-10)18(21)22)15(20)17-11-5-3-2-4-6-11/h2-9H,1H3,(H,16,19)(H,17,20). The zero-order valence-electron chi connectivity index (χ0n) is 11.7. The van der Waals surface area contributed by atoms with E-state index in [9.17, 15) is 19.7 Å². The van der Waals surface area contributed by atoms with Gasteiger partial charge in [-0.2, -0.15) is 0 Å². The molecule has 2 aromatic rings. The van der Waals surface area contributed by atoms with Gasteiger partial charge in [-0.3, -0.25) is 19.7 Å². The maximum absolute atomic E-state index is 12.2. The molecule has 0 atom stereocenters. The van der Waals surface area contributed by atoms with Crippen LogP contribution in [0.15, 0.2) is 48.5 Å². The van der Waals surface area contributed by atoms with E-state index in [0.29, 0.717) is 5.69 Å². The summed E-state index contributed by atoms with van der Waals surface area (Å²) in [5, 5.41) is 16.1. The van der Waals surface area contributed by atoms with Crippen LogP contribution in [-0.4, -0.2) is 23.8 Å². The zero-order valence-corrected chi connectivity index (χ0v) is 11.7. The van der Waals surface area contributed by atoms with Crippen molar-refractivity contribution in [1.29, 1.82) is 0 Å². The van der Waals surface area contributed by atoms with Crippen molar-refractivity contribution in [1.82, 2.24) is 5.32 Å². The lowest BCUT2D eigenvalue weighted by molar-refractivity contribution is -0.385. The van der Waals surface area contributed by atoms with Crippen molar-refractivity contribution in [2.45, 2.75) is 0 Å². The second-order valence-electron chi connectivity index (χ2n) is 4.39. The molecule has 0 radical (unpaired) electrons. The number of amides is 2. The lowest BCUT2D eigenvalue weighted by Gasteiger charge is -2.07. The van der Waals surface area contributed by atoms with E-state index in [1.807, 2.05) is 0 Å². The second kappa shape index (κ2) is 6.49. The summed E-state index contributed by atoms with van der Waals surface area (Å²) in [5.74, 6) is -1.07. The number of hydrogen-bond acceptors (Lipinski definition) is 4. The molecule has 2 amide bonds. The molecule has 0 bridgehead atoms. The fourth-order valence-electron chi connectivity index (χ4n) is 1.88. The predicted molar refractivity (Wildman–Crippen MR) is 80.9 cm³/mol. The molecule has 0 aliphatic heterocycles. The molecule has 0 aliphatic rings. The molecule has 0 spiro atoms. The monoisotopic (exact) mass is 299 g/mol. The summed E-state index contributed by atoms with van der Waals surface area (Å²) in [6, 6.07) is 12.3. The van der Waals surface area contributed by atoms with Crippen molar-refractivity contribution < 1.29 is 14.5 Å². The molecule has 7 heteroatoms. The lowest BCUT2D eigenvalue weighted by atomic mass is 10.1. The first-order valence-electron chi connectivity index (χ1n) is 6.40. The Labute approximate surface area is 126 Å². The van der Waals surface area contributed by atoms with Crippen LogP contribution in [0.5, 0.6) is 0 Å². The SMILES string of the molecule is CNC(=O)c1ccc(C(=O)Nc2ccccc2)c([N+](=O)[O-])c1. The topological polar surface area (TPSA) is 101 Å². The van der Waals surface area contributed by atoms with E-state index in [1.54, 1.807) is 30.3 Å². The summed E-state index contributed by atoms with van der Waals surface area (Å²) in [6.45, 7) is 0. The molecule has 7 nitrogen and oxygen atoms in total. The Morgan fingerprint density at radius 2 is 1.73 bits per heavy atom. The van der Waals surface area contributed by atoms with Crippen LogP contribution in [0, 0.1) is 10.1 Å². The summed E-state index contributed by atoms with van der Waals surface area (Å²) < 4.78 is 0. The van der Waals surface area contributed by atoms with Crippen LogP contribution in [0.4, 0.5) is 11.4 Å². The number of nitro groups is 1. The van der Waals surface area contributed by atoms with Gasteiger partial charge in [0, 0.05) is 24.4 Å². The van der Waals surface area contributed by atoms with E-state index in [-0.39, 0.29) is 11.1 Å². The number of anilines is 1. The van der Waals surface area contributed by atoms with E-state index in [4.69, 9.17) is 0 Å². The Morgan fingerprint density at radius 1 is 1.05 bits per heavy atom. The Morgan fingerprint density at radius 3 is 2.32 bits per heavy atom. The number of hydrogen-bond donors (Lipinski definition) is 2. The molecule has 0 aliphatic carbocycles. The maximum atomic E-state index is 12.2. The first-order chi connectivity index (χ1) is 10.5. The maximum Gasteiger partial charge on any atom is 0.282 e. The molecule has 0 heterocycles. The van der Waals surface area contributed by atoms with Gasteiger partial charge in [0.2, 0.25) is 0 Å². The molecular formula is C15H13N3O4. The Hall–Kier alpha value is -3.22. The normalized spacial score (nSPS) is 9.86. The number of carbonyl (C=O) groups excluding carboxylic acids is 2. The molecule has 0 unspecified atom stereocenters. The number of rotatable bonds is 4. The van der Waals surface area contributed by atoms with Gasteiger partial charge >= 0.3 is 0 Å². The molecule has 0 saturated carbocycles. The highest BCUT2D eigenvalue weighted by atomic mass is 16.6. The summed E-state index contributed by atoms with van der Waals surface area (Å²) in [4.78, 5) is 34.1. The molecule has 2 rings (SSSR count). The first kappa shape index (κ1) is 15.2. The molecule has 2 N–H and O–H groups in total. The zero-order chi connectivity index (χ0) is 16.1. The number of para-hydroxylation sites is 1. The summed E-state index contributed by atoms with van der Waals surface area (Å²) in [7, 11) is 1.42. The third-order valence-electron chi connectivity index (χ3n) is 2.96. The van der Waals surface area contributed by atoms with Crippen LogP contribution in [0.1, 0.15) is 20.7 Å². The largest absolute Gasteiger partial charge is 0.355 e. The number of carbonyl (C=O) groups is 2. The first-order valence-corrected chi connectivity index (χ1v) is 6.40. The summed E-state index contributed by atoms with van der Waals surface area (Å²) in [5.41, 5.74) is 0.110. The molecule has 0 saturated heterocycles. The Kier molecular flexibility index (Phi) is 4.47. The predicted octanol–water partition coefficient (Wildman–Crippen LogP) is 2.21. The molecule has 2 aromatic carbocycles. The third-order valence-corrected chi connectivity index (χ3v) is 2.96. The summed E-state index contributed by atoms with van der Waals surface area (Å²) >= 11 is 0. The average molecular weight is 299 g/mol. The van der Waals surface area contributed by atoms with Gasteiger partial charge in [0.05, 0.1) is 4.92 Å². The van der Waals surface area contributed by atoms with Crippen molar-refractivity contribution in [2.75, 3.05) is 12.4 Å². The van der Waals surface area contributed by atoms with Gasteiger partial charge in [0.15, 0.2) is 0 Å². The van der Waals surface area contributed by atoms with E-state index in [1.165, 1.54) is 19.2 Å². The fourth-order valence-corrected chi connectivity index (χ4v) is 1.88. The van der Waals surface area contributed by atoms with Gasteiger partial charge in [-0.1, -0.05) is 18.2 Å². The molecular weight excluding hydrogens is 286 g/mol. The highest BCUT2D eigenvalue weighted by Gasteiger charge is 2.22. The van der Waals surface area contributed by atoms with Crippen LogP contribution >= 0.6 is 0 Å². The Balaban J connectivity index is 2.35. The van der Waals surface area contributed by atoms with E-state index in [0.717, 1.165) is 6.07 Å². The van der Waals surface area contributed by atoms with Crippen LogP contribution in [0.2, 0.25) is 0 Å². The number of benzene rings is 2. The van der Waals surface area contributed by atoms with Crippen LogP contribution < -0.4 is 10.6 Å². The van der Waals surface area contributed by atoms with Crippen molar-refractivity contribution in [3.63, 3.8) is 0 Å². The lowest BCUT2D eigenvalue weighted by Crippen LogP contribution is -2.19. The number of nitro benzene ring substituents is 1. The highest BCUT2D eigenvalue weighted by molar-refractivity contribution is 6.08. The van der Waals surface area contributed by atoms with Gasteiger partial charge in [-0.25, -0.2) is 0 Å². The minimum atomic E-state index is -0.688. The van der Waals surface area contributed by atoms with Gasteiger partial charge in [-0.15, -0.1) is 0 Å². The van der Waals surface area contributed by atoms with Gasteiger partial charge in [-0.05, 0) is 24.3 Å². The number of nitrogens with zero attached hydrogens (tertiary/aromatic N) is 1. The quantitative estimate of drug-likeness (QED) is 0.667. The van der Waals surface area contributed by atoms with E-state index >= 15 is 0 Å². The minimum Gasteiger partial charge on any atom is -0.355 e.